The predicted molar refractivity (Wildman–Crippen MR) is 145 cm³/mol. The molecule has 9 nitrogen and oxygen atoms in total. The van der Waals surface area contributed by atoms with Crippen molar-refractivity contribution in [2.75, 3.05) is 25.4 Å². The summed E-state index contributed by atoms with van der Waals surface area (Å²) in [5, 5.41) is 13.8. The molecule has 206 valence electrons. The molecule has 0 aromatic carbocycles. The number of rotatable bonds is 12. The number of hydrogen-bond donors (Lipinski definition) is 4. The van der Waals surface area contributed by atoms with Crippen LogP contribution in [0.15, 0.2) is 0 Å². The molecule has 36 heavy (non-hydrogen) atoms. The maximum atomic E-state index is 14.0. The number of nitrogens with one attached hydrogen (secondary N) is 3. The summed E-state index contributed by atoms with van der Waals surface area (Å²) < 4.78 is 4.68. The number of carbonyl (C=O) groups is 3. The van der Waals surface area contributed by atoms with E-state index in [-0.39, 0.29) is 42.6 Å². The highest BCUT2D eigenvalue weighted by Crippen LogP contribution is 2.33. The van der Waals surface area contributed by atoms with E-state index in [2.05, 4.69) is 17.6 Å². The molecule has 1 heterocycles. The Morgan fingerprint density at radius 2 is 1.86 bits per heavy atom. The molecule has 0 unspecified atom stereocenters. The summed E-state index contributed by atoms with van der Waals surface area (Å²) in [6, 6.07) is -1.62. The van der Waals surface area contributed by atoms with Gasteiger partial charge in [0, 0.05) is 23.8 Å². The van der Waals surface area contributed by atoms with Gasteiger partial charge in [0.25, 0.3) is 0 Å². The van der Waals surface area contributed by atoms with Crippen LogP contribution in [-0.2, 0) is 14.3 Å². The molecular weight excluding hydrogens is 478 g/mol. The molecule has 10 heteroatoms. The summed E-state index contributed by atoms with van der Waals surface area (Å²) >= 11 is 1.60. The summed E-state index contributed by atoms with van der Waals surface area (Å²) in [7, 11) is 0. The van der Waals surface area contributed by atoms with E-state index in [0.29, 0.717) is 18.9 Å². The largest absolute Gasteiger partial charge is 0.449 e. The van der Waals surface area contributed by atoms with E-state index in [1.54, 1.807) is 11.8 Å². The first-order chi connectivity index (χ1) is 17.0. The minimum absolute atomic E-state index is 0.0316. The van der Waals surface area contributed by atoms with Crippen LogP contribution in [0.1, 0.15) is 79.6 Å². The van der Waals surface area contributed by atoms with Gasteiger partial charge in [-0.05, 0) is 57.1 Å². The highest BCUT2D eigenvalue weighted by Gasteiger charge is 2.47. The van der Waals surface area contributed by atoms with Gasteiger partial charge >= 0.3 is 6.09 Å². The van der Waals surface area contributed by atoms with Crippen molar-refractivity contribution in [2.24, 2.45) is 23.5 Å². The van der Waals surface area contributed by atoms with Gasteiger partial charge in [-0.1, -0.05) is 40.0 Å². The average molecular weight is 526 g/mol. The lowest BCUT2D eigenvalue weighted by atomic mass is 9.89. The Hall–Kier alpha value is -1.97. The monoisotopic (exact) mass is 525 g/mol. The van der Waals surface area contributed by atoms with E-state index in [1.165, 1.54) is 24.2 Å². The van der Waals surface area contributed by atoms with Crippen LogP contribution in [0.2, 0.25) is 0 Å². The van der Waals surface area contributed by atoms with E-state index in [9.17, 15) is 14.4 Å². The van der Waals surface area contributed by atoms with Gasteiger partial charge in [-0.2, -0.15) is 11.8 Å². The van der Waals surface area contributed by atoms with Gasteiger partial charge in [0.1, 0.15) is 12.1 Å². The Labute approximate surface area is 220 Å². The molecule has 2 fully saturated rings. The van der Waals surface area contributed by atoms with Crippen LogP contribution in [0.3, 0.4) is 0 Å². The minimum atomic E-state index is -0.895. The summed E-state index contributed by atoms with van der Waals surface area (Å²) in [5.41, 5.74) is 5.81. The SMILES string of the molecule is CCCSC(C)(C)[C@@H](NC(=O)OCC(C)C)C(=O)N1C[C@H](C(=N)N)C[C@H]1C(=O)NCC1CCCCC1. The Kier molecular flexibility index (Phi) is 11.8. The lowest BCUT2D eigenvalue weighted by Gasteiger charge is -2.37. The van der Waals surface area contributed by atoms with Gasteiger partial charge in [-0.15, -0.1) is 0 Å². The fourth-order valence-electron chi connectivity index (χ4n) is 4.86. The molecule has 2 rings (SSSR count). The first-order valence-corrected chi connectivity index (χ1v) is 14.4. The third-order valence-corrected chi connectivity index (χ3v) is 8.64. The lowest BCUT2D eigenvalue weighted by Crippen LogP contribution is -2.60. The Bertz CT molecular complexity index is 769. The van der Waals surface area contributed by atoms with Crippen LogP contribution < -0.4 is 16.4 Å². The van der Waals surface area contributed by atoms with E-state index in [1.807, 2.05) is 27.7 Å². The summed E-state index contributed by atoms with van der Waals surface area (Å²) in [6.45, 7) is 10.8. The Balaban J connectivity index is 2.22. The zero-order valence-electron chi connectivity index (χ0n) is 22.7. The maximum Gasteiger partial charge on any atom is 0.407 e. The number of ether oxygens (including phenoxy) is 1. The molecular formula is C26H47N5O4S. The molecule has 1 saturated heterocycles. The second-order valence-electron chi connectivity index (χ2n) is 11.2. The van der Waals surface area contributed by atoms with Gasteiger partial charge < -0.3 is 26.0 Å². The first kappa shape index (κ1) is 30.3. The van der Waals surface area contributed by atoms with E-state index >= 15 is 0 Å². The molecule has 0 bridgehead atoms. The second-order valence-corrected chi connectivity index (χ2v) is 12.9. The highest BCUT2D eigenvalue weighted by molar-refractivity contribution is 8.00. The summed E-state index contributed by atoms with van der Waals surface area (Å²) in [5.74, 6) is 0.478. The molecule has 5 N–H and O–H groups in total. The Morgan fingerprint density at radius 3 is 2.44 bits per heavy atom. The number of amidine groups is 1. The minimum Gasteiger partial charge on any atom is -0.449 e. The molecule has 1 saturated carbocycles. The standard InChI is InChI=1S/C26H47N5O4S/c1-6-12-36-26(4,5)21(30-25(34)35-16-17(2)3)24(33)31-15-19(22(27)28)13-20(31)23(32)29-14-18-10-8-7-9-11-18/h17-21H,6-16H2,1-5H3,(H3,27,28)(H,29,32)(H,30,34)/t19-,20+,21+/m1/s1. The third-order valence-electron chi connectivity index (χ3n) is 7.05. The molecule has 0 spiro atoms. The van der Waals surface area contributed by atoms with Gasteiger partial charge in [0.2, 0.25) is 11.8 Å². The number of amides is 3. The van der Waals surface area contributed by atoms with Crippen LogP contribution in [0.5, 0.6) is 0 Å². The summed E-state index contributed by atoms with van der Waals surface area (Å²) in [4.78, 5) is 41.4. The van der Waals surface area contributed by atoms with Crippen molar-refractivity contribution in [3.63, 3.8) is 0 Å². The van der Waals surface area contributed by atoms with Crippen LogP contribution in [0, 0.1) is 23.2 Å². The topological polar surface area (TPSA) is 138 Å². The van der Waals surface area contributed by atoms with Crippen molar-refractivity contribution >= 4 is 35.5 Å². The molecule has 1 aliphatic heterocycles. The van der Waals surface area contributed by atoms with Crippen LogP contribution >= 0.6 is 11.8 Å². The molecule has 0 radical (unpaired) electrons. The van der Waals surface area contributed by atoms with Crippen molar-refractivity contribution in [1.82, 2.24) is 15.5 Å². The van der Waals surface area contributed by atoms with Gasteiger partial charge in [-0.3, -0.25) is 15.0 Å². The van der Waals surface area contributed by atoms with Crippen LogP contribution in [-0.4, -0.2) is 70.9 Å². The van der Waals surface area contributed by atoms with Crippen molar-refractivity contribution in [3.8, 4) is 0 Å². The van der Waals surface area contributed by atoms with Crippen molar-refractivity contribution in [3.05, 3.63) is 0 Å². The predicted octanol–water partition coefficient (Wildman–Crippen LogP) is 3.51. The maximum absolute atomic E-state index is 14.0. The van der Waals surface area contributed by atoms with E-state index in [0.717, 1.165) is 25.0 Å². The zero-order valence-corrected chi connectivity index (χ0v) is 23.5. The number of carbonyl (C=O) groups excluding carboxylic acids is 3. The number of thioether (sulfide) groups is 1. The van der Waals surface area contributed by atoms with Gasteiger partial charge in [0.15, 0.2) is 0 Å². The van der Waals surface area contributed by atoms with E-state index in [4.69, 9.17) is 15.9 Å². The van der Waals surface area contributed by atoms with Crippen molar-refractivity contribution < 1.29 is 19.1 Å². The quantitative estimate of drug-likeness (QED) is 0.227. The third kappa shape index (κ3) is 8.85. The normalized spacial score (nSPS) is 21.8. The van der Waals surface area contributed by atoms with Crippen LogP contribution in [0.25, 0.3) is 0 Å². The number of alkyl carbamates (subject to hydrolysis) is 1. The van der Waals surface area contributed by atoms with Crippen molar-refractivity contribution in [2.45, 2.75) is 96.4 Å². The highest BCUT2D eigenvalue weighted by atomic mass is 32.2. The average Bonchev–Trinajstić information content (AvgIpc) is 3.29. The number of hydrogen-bond acceptors (Lipinski definition) is 6. The second kappa shape index (κ2) is 14.1. The molecule has 3 amide bonds. The smallest absolute Gasteiger partial charge is 0.407 e. The molecule has 1 aliphatic carbocycles. The number of nitrogens with zero attached hydrogens (tertiary/aromatic N) is 1. The Morgan fingerprint density at radius 1 is 1.19 bits per heavy atom. The molecule has 2 aliphatic rings. The molecule has 0 aromatic heterocycles. The fourth-order valence-corrected chi connectivity index (χ4v) is 5.91. The van der Waals surface area contributed by atoms with Crippen molar-refractivity contribution in [1.29, 1.82) is 5.41 Å². The fraction of sp³-hybridized carbons (Fsp3) is 0.846. The number of likely N-dealkylation sites (tertiary alicyclic amines) is 1. The lowest BCUT2D eigenvalue weighted by molar-refractivity contribution is -0.140. The number of nitrogens with two attached hydrogens (primary N) is 1. The van der Waals surface area contributed by atoms with Gasteiger partial charge in [-0.25, -0.2) is 4.79 Å². The van der Waals surface area contributed by atoms with E-state index < -0.39 is 22.9 Å². The molecule has 3 atom stereocenters. The summed E-state index contributed by atoms with van der Waals surface area (Å²) in [6.07, 6.45) is 6.42. The molecule has 0 aromatic rings. The van der Waals surface area contributed by atoms with Gasteiger partial charge in [0.05, 0.1) is 12.4 Å². The first-order valence-electron chi connectivity index (χ1n) is 13.5. The zero-order chi connectivity index (χ0) is 26.9. The van der Waals surface area contributed by atoms with Crippen LogP contribution in [0.4, 0.5) is 4.79 Å².